The van der Waals surface area contributed by atoms with Crippen molar-refractivity contribution in [3.63, 3.8) is 0 Å². The fraction of sp³-hybridized carbons (Fsp3) is 0.214. The summed E-state index contributed by atoms with van der Waals surface area (Å²) in [4.78, 5) is 3.63. The molecule has 0 fully saturated rings. The Kier molecular flexibility index (Phi) is 3.69. The van der Waals surface area contributed by atoms with Gasteiger partial charge in [0.2, 0.25) is 0 Å². The molecule has 0 bridgehead atoms. The predicted molar refractivity (Wildman–Crippen MR) is 64.4 cm³/mol. The molecule has 0 spiro atoms. The number of pyridine rings is 1. The Labute approximate surface area is 116 Å². The van der Waals surface area contributed by atoms with Gasteiger partial charge in [-0.1, -0.05) is 6.07 Å². The van der Waals surface area contributed by atoms with Crippen molar-refractivity contribution in [2.24, 2.45) is 0 Å². The van der Waals surface area contributed by atoms with Crippen LogP contribution in [0.1, 0.15) is 16.7 Å². The number of halogens is 6. The van der Waals surface area contributed by atoms with Gasteiger partial charge >= 0.3 is 12.4 Å². The number of nitrogens with zero attached hydrogens (tertiary/aromatic N) is 1. The van der Waals surface area contributed by atoms with E-state index < -0.39 is 29.0 Å². The first-order valence-corrected chi connectivity index (χ1v) is 5.80. The Morgan fingerprint density at radius 2 is 1.38 bits per heavy atom. The number of rotatable bonds is 1. The van der Waals surface area contributed by atoms with Crippen molar-refractivity contribution in [2.75, 3.05) is 0 Å². The van der Waals surface area contributed by atoms with E-state index in [1.165, 1.54) is 19.2 Å². The van der Waals surface area contributed by atoms with Gasteiger partial charge in [0.1, 0.15) is 0 Å². The number of aryl methyl sites for hydroxylation is 1. The maximum atomic E-state index is 13.0. The fourth-order valence-electron chi connectivity index (χ4n) is 2.04. The maximum Gasteiger partial charge on any atom is 0.417 e. The molecule has 1 aromatic heterocycles. The average molecular weight is 305 g/mol. The molecule has 0 radical (unpaired) electrons. The lowest BCUT2D eigenvalue weighted by Crippen LogP contribution is -2.14. The molecule has 2 rings (SSSR count). The zero-order valence-corrected chi connectivity index (χ0v) is 10.7. The monoisotopic (exact) mass is 305 g/mol. The quantitative estimate of drug-likeness (QED) is 0.668. The molecule has 112 valence electrons. The summed E-state index contributed by atoms with van der Waals surface area (Å²) in [5.41, 5.74) is -3.44. The molecule has 21 heavy (non-hydrogen) atoms. The molecule has 0 amide bonds. The molecule has 0 saturated heterocycles. The second kappa shape index (κ2) is 5.05. The predicted octanol–water partition coefficient (Wildman–Crippen LogP) is 5.09. The van der Waals surface area contributed by atoms with Crippen molar-refractivity contribution >= 4 is 0 Å². The molecule has 7 heteroatoms. The molecule has 0 saturated carbocycles. The topological polar surface area (TPSA) is 12.9 Å². The highest BCUT2D eigenvalue weighted by atomic mass is 19.4. The lowest BCUT2D eigenvalue weighted by molar-refractivity contribution is -0.142. The van der Waals surface area contributed by atoms with E-state index in [-0.39, 0.29) is 11.1 Å². The number of alkyl halides is 6. The van der Waals surface area contributed by atoms with Gasteiger partial charge in [0.05, 0.1) is 11.1 Å². The minimum atomic E-state index is -4.89. The second-order valence-electron chi connectivity index (χ2n) is 4.41. The van der Waals surface area contributed by atoms with Gasteiger partial charge in [-0.3, -0.25) is 4.98 Å². The van der Waals surface area contributed by atoms with Crippen LogP contribution in [-0.4, -0.2) is 4.98 Å². The molecule has 0 unspecified atom stereocenters. The third kappa shape index (κ3) is 3.01. The molecule has 0 aliphatic carbocycles. The zero-order chi connectivity index (χ0) is 15.8. The lowest BCUT2D eigenvalue weighted by atomic mass is 9.92. The van der Waals surface area contributed by atoms with Gasteiger partial charge in [0, 0.05) is 23.5 Å². The Morgan fingerprint density at radius 1 is 0.857 bits per heavy atom. The SMILES string of the molecule is Cc1ccncc1-c1c(C(F)(F)F)cccc1C(F)(F)F. The molecule has 1 heterocycles. The van der Waals surface area contributed by atoms with Crippen LogP contribution in [-0.2, 0) is 12.4 Å². The molecular formula is C14H9F6N. The summed E-state index contributed by atoms with van der Waals surface area (Å²) in [6.07, 6.45) is -7.46. The van der Waals surface area contributed by atoms with E-state index >= 15 is 0 Å². The summed E-state index contributed by atoms with van der Waals surface area (Å²) < 4.78 is 78.3. The van der Waals surface area contributed by atoms with Crippen molar-refractivity contribution in [3.8, 4) is 11.1 Å². The van der Waals surface area contributed by atoms with Crippen LogP contribution in [0.25, 0.3) is 11.1 Å². The molecule has 1 nitrogen and oxygen atoms in total. The molecule has 0 atom stereocenters. The molecule has 0 N–H and O–H groups in total. The standard InChI is InChI=1S/C14H9F6N/c1-8-5-6-21-7-9(8)12-10(13(15,16)17)3-2-4-11(12)14(18,19)20/h2-7H,1H3. The largest absolute Gasteiger partial charge is 0.417 e. The summed E-state index contributed by atoms with van der Waals surface area (Å²) in [6, 6.07) is 3.39. The van der Waals surface area contributed by atoms with Crippen LogP contribution >= 0.6 is 0 Å². The van der Waals surface area contributed by atoms with Crippen LogP contribution in [0.2, 0.25) is 0 Å². The van der Waals surface area contributed by atoms with Crippen molar-refractivity contribution < 1.29 is 26.3 Å². The highest BCUT2D eigenvalue weighted by Gasteiger charge is 2.41. The van der Waals surface area contributed by atoms with Gasteiger partial charge in [-0.05, 0) is 30.7 Å². The summed E-state index contributed by atoms with van der Waals surface area (Å²) in [5.74, 6) is 0. The normalized spacial score (nSPS) is 12.5. The summed E-state index contributed by atoms with van der Waals surface area (Å²) >= 11 is 0. The first-order chi connectivity index (χ1) is 9.62. The third-order valence-electron chi connectivity index (χ3n) is 2.98. The maximum absolute atomic E-state index is 13.0. The number of benzene rings is 1. The van der Waals surface area contributed by atoms with Gasteiger partial charge < -0.3 is 0 Å². The molecule has 0 aliphatic heterocycles. The molecular weight excluding hydrogens is 296 g/mol. The van der Waals surface area contributed by atoms with Crippen LogP contribution in [0.4, 0.5) is 26.3 Å². The zero-order valence-electron chi connectivity index (χ0n) is 10.7. The van der Waals surface area contributed by atoms with E-state index in [9.17, 15) is 26.3 Å². The van der Waals surface area contributed by atoms with Gasteiger partial charge in [0.25, 0.3) is 0 Å². The summed E-state index contributed by atoms with van der Waals surface area (Å²) in [5, 5.41) is 0. The van der Waals surface area contributed by atoms with Gasteiger partial charge in [-0.25, -0.2) is 0 Å². The molecule has 2 aromatic rings. The summed E-state index contributed by atoms with van der Waals surface area (Å²) in [7, 11) is 0. The fourth-order valence-corrected chi connectivity index (χ4v) is 2.04. The third-order valence-corrected chi connectivity index (χ3v) is 2.98. The smallest absolute Gasteiger partial charge is 0.264 e. The Hall–Kier alpha value is -2.05. The van der Waals surface area contributed by atoms with Gasteiger partial charge in [-0.15, -0.1) is 0 Å². The van der Waals surface area contributed by atoms with E-state index in [0.29, 0.717) is 12.1 Å². The Bertz CT molecular complexity index is 625. The van der Waals surface area contributed by atoms with Gasteiger partial charge in [0.15, 0.2) is 0 Å². The van der Waals surface area contributed by atoms with E-state index in [2.05, 4.69) is 4.98 Å². The minimum absolute atomic E-state index is 0.183. The molecule has 1 aromatic carbocycles. The molecule has 0 aliphatic rings. The van der Waals surface area contributed by atoms with Crippen LogP contribution in [0.5, 0.6) is 0 Å². The first kappa shape index (κ1) is 15.3. The van der Waals surface area contributed by atoms with E-state index in [4.69, 9.17) is 0 Å². The van der Waals surface area contributed by atoms with Crippen LogP contribution < -0.4 is 0 Å². The Balaban J connectivity index is 2.87. The average Bonchev–Trinajstić information content (AvgIpc) is 2.36. The lowest BCUT2D eigenvalue weighted by Gasteiger charge is -2.19. The van der Waals surface area contributed by atoms with E-state index in [1.54, 1.807) is 0 Å². The van der Waals surface area contributed by atoms with Crippen molar-refractivity contribution in [3.05, 3.63) is 53.3 Å². The number of hydrogen-bond donors (Lipinski definition) is 0. The van der Waals surface area contributed by atoms with Crippen molar-refractivity contribution in [1.29, 1.82) is 0 Å². The van der Waals surface area contributed by atoms with Crippen molar-refractivity contribution in [1.82, 2.24) is 4.98 Å². The minimum Gasteiger partial charge on any atom is -0.264 e. The van der Waals surface area contributed by atoms with E-state index in [0.717, 1.165) is 12.3 Å². The number of hydrogen-bond acceptors (Lipinski definition) is 1. The Morgan fingerprint density at radius 3 is 1.81 bits per heavy atom. The van der Waals surface area contributed by atoms with E-state index in [1.807, 2.05) is 0 Å². The van der Waals surface area contributed by atoms with Crippen LogP contribution in [0.3, 0.4) is 0 Å². The summed E-state index contributed by atoms with van der Waals surface area (Å²) in [6.45, 7) is 1.43. The highest BCUT2D eigenvalue weighted by Crippen LogP contribution is 2.44. The van der Waals surface area contributed by atoms with Crippen molar-refractivity contribution in [2.45, 2.75) is 19.3 Å². The highest BCUT2D eigenvalue weighted by molar-refractivity contribution is 5.74. The second-order valence-corrected chi connectivity index (χ2v) is 4.41. The van der Waals surface area contributed by atoms with Gasteiger partial charge in [-0.2, -0.15) is 26.3 Å². The van der Waals surface area contributed by atoms with Crippen LogP contribution in [0.15, 0.2) is 36.7 Å². The van der Waals surface area contributed by atoms with Crippen LogP contribution in [0, 0.1) is 6.92 Å². The number of aromatic nitrogens is 1. The first-order valence-electron chi connectivity index (χ1n) is 5.80.